The van der Waals surface area contributed by atoms with Crippen LogP contribution in [0.2, 0.25) is 5.02 Å². The highest BCUT2D eigenvalue weighted by molar-refractivity contribution is 6.32. The molecule has 1 aliphatic carbocycles. The van der Waals surface area contributed by atoms with Crippen LogP contribution in [0.25, 0.3) is 11.1 Å². The van der Waals surface area contributed by atoms with Gasteiger partial charge in [-0.15, -0.1) is 0 Å². The molecule has 2 heterocycles. The van der Waals surface area contributed by atoms with Gasteiger partial charge in [-0.2, -0.15) is 0 Å². The lowest BCUT2D eigenvalue weighted by atomic mass is 9.93. The number of amides is 1. The number of halogens is 1. The highest BCUT2D eigenvalue weighted by atomic mass is 35.5. The number of ether oxygens (including phenoxy) is 3. The third-order valence-corrected chi connectivity index (χ3v) is 10.2. The van der Waals surface area contributed by atoms with Gasteiger partial charge in [0, 0.05) is 55.8 Å². The van der Waals surface area contributed by atoms with E-state index in [-0.39, 0.29) is 18.1 Å². The Hall–Kier alpha value is -3.26. The molecule has 0 spiro atoms. The summed E-state index contributed by atoms with van der Waals surface area (Å²) in [6.07, 6.45) is 5.50. The van der Waals surface area contributed by atoms with Crippen LogP contribution in [0.15, 0.2) is 48.5 Å². The first-order valence-corrected chi connectivity index (χ1v) is 17.4. The molecule has 3 aromatic carbocycles. The van der Waals surface area contributed by atoms with Crippen molar-refractivity contribution < 1.29 is 19.0 Å². The van der Waals surface area contributed by atoms with Crippen LogP contribution < -0.4 is 24.8 Å². The number of nitrogens with one attached hydrogen (secondary N) is 2. The fourth-order valence-electron chi connectivity index (χ4n) is 7.44. The lowest BCUT2D eigenvalue weighted by Crippen LogP contribution is -2.53. The van der Waals surface area contributed by atoms with Crippen LogP contribution in [0, 0.1) is 6.92 Å². The van der Waals surface area contributed by atoms with Crippen LogP contribution in [0.4, 0.5) is 0 Å². The molecule has 0 saturated carbocycles. The van der Waals surface area contributed by atoms with E-state index in [0.717, 1.165) is 55.9 Å². The average molecular weight is 646 g/mol. The number of nitrogens with zero attached hydrogens (tertiary/aromatic N) is 1. The van der Waals surface area contributed by atoms with E-state index in [9.17, 15) is 4.79 Å². The SMILES string of the molecule is CCOc1cc(O[C@H]2CCc3c(-c4cccc(OCCCN5C(C)CC5C)c4C)cccc32)c(Cl)cc1CNC[C@@H]1CCC(=O)N1. The molecule has 2 fully saturated rings. The van der Waals surface area contributed by atoms with Gasteiger partial charge in [0.1, 0.15) is 23.4 Å². The predicted molar refractivity (Wildman–Crippen MR) is 184 cm³/mol. The van der Waals surface area contributed by atoms with Crippen molar-refractivity contribution in [2.24, 2.45) is 0 Å². The van der Waals surface area contributed by atoms with Crippen molar-refractivity contribution in [3.05, 3.63) is 75.8 Å². The Morgan fingerprint density at radius 2 is 1.78 bits per heavy atom. The second kappa shape index (κ2) is 14.7. The third kappa shape index (κ3) is 7.17. The Labute approximate surface area is 278 Å². The third-order valence-electron chi connectivity index (χ3n) is 9.90. The van der Waals surface area contributed by atoms with Crippen molar-refractivity contribution in [3.63, 3.8) is 0 Å². The summed E-state index contributed by atoms with van der Waals surface area (Å²) in [4.78, 5) is 14.1. The minimum Gasteiger partial charge on any atom is -0.493 e. The molecule has 7 nitrogen and oxygen atoms in total. The first-order valence-electron chi connectivity index (χ1n) is 17.0. The Bertz CT molecular complexity index is 1540. The summed E-state index contributed by atoms with van der Waals surface area (Å²) in [5.74, 6) is 2.48. The van der Waals surface area contributed by atoms with E-state index in [1.54, 1.807) is 0 Å². The monoisotopic (exact) mass is 645 g/mol. The number of likely N-dealkylation sites (tertiary alicyclic amines) is 1. The van der Waals surface area contributed by atoms with Crippen molar-refractivity contribution in [2.75, 3.05) is 26.3 Å². The van der Waals surface area contributed by atoms with Gasteiger partial charge in [-0.1, -0.05) is 41.9 Å². The molecule has 0 aromatic heterocycles. The van der Waals surface area contributed by atoms with Crippen LogP contribution in [-0.2, 0) is 17.8 Å². The smallest absolute Gasteiger partial charge is 0.220 e. The zero-order chi connectivity index (χ0) is 32.2. The minimum atomic E-state index is -0.0945. The molecule has 3 aromatic rings. The molecule has 0 radical (unpaired) electrons. The standard InChI is InChI=1S/C38H48ClN3O4/c1-5-44-36-21-37(33(39)20-27(36)22-40-23-28-13-16-38(43)41-28)46-35-15-14-31-30(10-6-11-32(31)35)29-9-7-12-34(26(29)4)45-18-8-17-42-24(2)19-25(42)3/h6-7,9-12,20-21,24-25,28,35,40H,5,8,13-19,22-23H2,1-4H3,(H,41,43)/t24?,25?,28-,35-/m0/s1. The van der Waals surface area contributed by atoms with E-state index < -0.39 is 0 Å². The maximum absolute atomic E-state index is 11.5. The van der Waals surface area contributed by atoms with E-state index in [1.807, 2.05) is 19.1 Å². The second-order valence-electron chi connectivity index (χ2n) is 13.1. The summed E-state index contributed by atoms with van der Waals surface area (Å²) in [6, 6.07) is 18.3. The van der Waals surface area contributed by atoms with E-state index in [2.05, 4.69) is 72.7 Å². The number of rotatable bonds is 14. The highest BCUT2D eigenvalue weighted by Gasteiger charge is 2.31. The van der Waals surface area contributed by atoms with Gasteiger partial charge in [-0.3, -0.25) is 9.69 Å². The Balaban J connectivity index is 1.13. The number of benzene rings is 3. The number of fused-ring (bicyclic) bond motifs is 1. The van der Waals surface area contributed by atoms with E-state index in [4.69, 9.17) is 25.8 Å². The molecule has 4 atom stereocenters. The Morgan fingerprint density at radius 3 is 2.54 bits per heavy atom. The van der Waals surface area contributed by atoms with Gasteiger partial charge in [0.25, 0.3) is 0 Å². The van der Waals surface area contributed by atoms with Crippen LogP contribution in [0.5, 0.6) is 17.2 Å². The molecule has 1 amide bonds. The number of hydrogen-bond donors (Lipinski definition) is 2. The quantitative estimate of drug-likeness (QED) is 0.178. The van der Waals surface area contributed by atoms with Gasteiger partial charge in [-0.25, -0.2) is 0 Å². The largest absolute Gasteiger partial charge is 0.493 e. The lowest BCUT2D eigenvalue weighted by molar-refractivity contribution is -0.119. The van der Waals surface area contributed by atoms with Crippen molar-refractivity contribution in [1.29, 1.82) is 0 Å². The number of hydrogen-bond acceptors (Lipinski definition) is 6. The first-order chi connectivity index (χ1) is 22.3. The van der Waals surface area contributed by atoms with Gasteiger partial charge < -0.3 is 24.8 Å². The number of carbonyl (C=O) groups is 1. The Kier molecular flexibility index (Phi) is 10.4. The van der Waals surface area contributed by atoms with Gasteiger partial charge >= 0.3 is 0 Å². The van der Waals surface area contributed by atoms with Crippen LogP contribution in [0.3, 0.4) is 0 Å². The minimum absolute atomic E-state index is 0.0945. The molecule has 2 aliphatic heterocycles. The summed E-state index contributed by atoms with van der Waals surface area (Å²) >= 11 is 6.81. The van der Waals surface area contributed by atoms with Crippen molar-refractivity contribution >= 4 is 17.5 Å². The van der Waals surface area contributed by atoms with Crippen molar-refractivity contribution in [3.8, 4) is 28.4 Å². The molecule has 2 unspecified atom stereocenters. The molecule has 46 heavy (non-hydrogen) atoms. The lowest BCUT2D eigenvalue weighted by Gasteiger charge is -2.45. The fourth-order valence-corrected chi connectivity index (χ4v) is 7.67. The molecule has 3 aliphatic rings. The predicted octanol–water partition coefficient (Wildman–Crippen LogP) is 7.40. The van der Waals surface area contributed by atoms with Crippen LogP contribution in [-0.4, -0.2) is 55.2 Å². The second-order valence-corrected chi connectivity index (χ2v) is 13.5. The topological polar surface area (TPSA) is 72.1 Å². The molecule has 0 bridgehead atoms. The molecular formula is C38H48ClN3O4. The maximum atomic E-state index is 11.5. The van der Waals surface area contributed by atoms with E-state index in [1.165, 1.54) is 34.2 Å². The molecule has 6 rings (SSSR count). The van der Waals surface area contributed by atoms with Gasteiger partial charge in [0.15, 0.2) is 0 Å². The summed E-state index contributed by atoms with van der Waals surface area (Å²) < 4.78 is 18.9. The highest BCUT2D eigenvalue weighted by Crippen LogP contribution is 2.44. The van der Waals surface area contributed by atoms with Crippen molar-refractivity contribution in [1.82, 2.24) is 15.5 Å². The molecule has 8 heteroatoms. The van der Waals surface area contributed by atoms with Crippen LogP contribution >= 0.6 is 11.6 Å². The fraction of sp³-hybridized carbons (Fsp3) is 0.500. The van der Waals surface area contributed by atoms with E-state index in [0.29, 0.717) is 49.0 Å². The van der Waals surface area contributed by atoms with Crippen LogP contribution in [0.1, 0.15) is 81.2 Å². The van der Waals surface area contributed by atoms with Gasteiger partial charge in [0.2, 0.25) is 5.91 Å². The normalized spacial score (nSPS) is 22.3. The number of carbonyl (C=O) groups excluding carboxylic acids is 1. The summed E-state index contributed by atoms with van der Waals surface area (Å²) in [6.45, 7) is 12.4. The molecule has 2 N–H and O–H groups in total. The van der Waals surface area contributed by atoms with Gasteiger partial charge in [0.05, 0.1) is 18.2 Å². The van der Waals surface area contributed by atoms with Gasteiger partial charge in [-0.05, 0) is 99.7 Å². The first kappa shape index (κ1) is 32.7. The summed E-state index contributed by atoms with van der Waals surface area (Å²) in [7, 11) is 0. The molecular weight excluding hydrogens is 598 g/mol. The summed E-state index contributed by atoms with van der Waals surface area (Å²) in [5, 5.41) is 7.02. The Morgan fingerprint density at radius 1 is 0.978 bits per heavy atom. The van der Waals surface area contributed by atoms with E-state index >= 15 is 0 Å². The molecule has 246 valence electrons. The maximum Gasteiger partial charge on any atom is 0.220 e. The average Bonchev–Trinajstić information content (AvgIpc) is 3.65. The van der Waals surface area contributed by atoms with Crippen molar-refractivity contribution in [2.45, 2.75) is 97.0 Å². The zero-order valence-corrected chi connectivity index (χ0v) is 28.4. The summed E-state index contributed by atoms with van der Waals surface area (Å²) in [5.41, 5.74) is 7.14. The zero-order valence-electron chi connectivity index (χ0n) is 27.7. The molecule has 2 saturated heterocycles.